The van der Waals surface area contributed by atoms with Gasteiger partial charge >= 0.3 is 0 Å². The molecule has 3 aromatic rings. The van der Waals surface area contributed by atoms with E-state index in [9.17, 15) is 29.8 Å². The minimum Gasteiger partial charge on any atom is -0.324 e. The predicted molar refractivity (Wildman–Crippen MR) is 166 cm³/mol. The Morgan fingerprint density at radius 2 is 1.76 bits per heavy atom. The number of benzene rings is 3. The maximum absolute atomic E-state index is 16.1. The Hall–Kier alpha value is -4.13. The summed E-state index contributed by atoms with van der Waals surface area (Å²) in [6, 6.07) is 12.1. The van der Waals surface area contributed by atoms with Gasteiger partial charge in [-0.2, -0.15) is 0 Å². The average molecular weight is 656 g/mol. The molecule has 1 saturated carbocycles. The summed E-state index contributed by atoms with van der Waals surface area (Å²) in [5.41, 5.74) is -1.59. The summed E-state index contributed by atoms with van der Waals surface area (Å²) in [5, 5.41) is 26.6. The summed E-state index contributed by atoms with van der Waals surface area (Å²) >= 11 is 12.6. The molecule has 3 heterocycles. The van der Waals surface area contributed by atoms with E-state index in [4.69, 9.17) is 23.2 Å². The van der Waals surface area contributed by atoms with Crippen LogP contribution in [-0.2, 0) is 15.1 Å². The maximum Gasteiger partial charge on any atom is 0.299 e. The number of nitrogens with one attached hydrogen (secondary N) is 1. The molecule has 0 unspecified atom stereocenters. The van der Waals surface area contributed by atoms with Gasteiger partial charge in [0.15, 0.2) is 0 Å². The molecule has 1 N–H and O–H groups in total. The SMILES string of the molecule is C.O=C1[C@@H]2[C@H](CCN1c1ccc([N+](=O)[O-])cc1[N+](=O)[O-])N(CC1CC1)[C@@]1(C(=O)Nc3cc(Cl)ccc31)[C@H]2c1cccc(Cl)c1F. The van der Waals surface area contributed by atoms with Crippen molar-refractivity contribution >= 4 is 57.8 Å². The highest BCUT2D eigenvalue weighted by Gasteiger charge is 2.70. The fourth-order valence-electron chi connectivity index (χ4n) is 7.47. The van der Waals surface area contributed by atoms with Crippen molar-refractivity contribution in [3.8, 4) is 0 Å². The van der Waals surface area contributed by atoms with E-state index in [-0.39, 0.29) is 36.2 Å². The summed E-state index contributed by atoms with van der Waals surface area (Å²) in [7, 11) is 0. The molecule has 3 aliphatic heterocycles. The van der Waals surface area contributed by atoms with Crippen LogP contribution in [-0.4, -0.2) is 45.7 Å². The van der Waals surface area contributed by atoms with E-state index >= 15 is 4.39 Å². The third-order valence-corrected chi connectivity index (χ3v) is 9.92. The number of nitro groups is 2. The fraction of sp³-hybridized carbons (Fsp3) is 0.355. The van der Waals surface area contributed by atoms with E-state index in [0.29, 0.717) is 29.2 Å². The van der Waals surface area contributed by atoms with Gasteiger partial charge in [0.25, 0.3) is 11.4 Å². The van der Waals surface area contributed by atoms with Gasteiger partial charge in [-0.05, 0) is 55.0 Å². The van der Waals surface area contributed by atoms with Crippen LogP contribution in [0, 0.1) is 37.9 Å². The predicted octanol–water partition coefficient (Wildman–Crippen LogP) is 6.66. The molecule has 0 radical (unpaired) electrons. The van der Waals surface area contributed by atoms with E-state index in [1.54, 1.807) is 24.3 Å². The molecule has 4 atom stereocenters. The van der Waals surface area contributed by atoms with Gasteiger partial charge in [0.2, 0.25) is 11.8 Å². The zero-order valence-electron chi connectivity index (χ0n) is 22.9. The van der Waals surface area contributed by atoms with E-state index < -0.39 is 62.3 Å². The third-order valence-electron chi connectivity index (χ3n) is 9.39. The first kappa shape index (κ1) is 30.9. The van der Waals surface area contributed by atoms with Gasteiger partial charge in [-0.1, -0.05) is 48.8 Å². The Bertz CT molecular complexity index is 1790. The monoisotopic (exact) mass is 655 g/mol. The second-order valence-corrected chi connectivity index (χ2v) is 12.5. The van der Waals surface area contributed by atoms with Gasteiger partial charge in [-0.15, -0.1) is 0 Å². The summed E-state index contributed by atoms with van der Waals surface area (Å²) in [5.74, 6) is -3.53. The molecule has 14 heteroatoms. The molecule has 45 heavy (non-hydrogen) atoms. The lowest BCUT2D eigenvalue weighted by molar-refractivity contribution is -0.393. The number of amides is 2. The lowest BCUT2D eigenvalue weighted by Crippen LogP contribution is -2.54. The zero-order valence-corrected chi connectivity index (χ0v) is 24.4. The molecule has 4 aliphatic rings. The van der Waals surface area contributed by atoms with Crippen LogP contribution in [0.15, 0.2) is 54.6 Å². The van der Waals surface area contributed by atoms with E-state index in [1.807, 2.05) is 4.90 Å². The van der Waals surface area contributed by atoms with E-state index in [0.717, 1.165) is 25.0 Å². The number of likely N-dealkylation sites (tertiary alicyclic amines) is 1. The lowest BCUT2D eigenvalue weighted by atomic mass is 9.70. The summed E-state index contributed by atoms with van der Waals surface area (Å²) in [6.45, 7) is 0.538. The van der Waals surface area contributed by atoms with Crippen LogP contribution in [0.1, 0.15) is 43.7 Å². The zero-order chi connectivity index (χ0) is 31.1. The first-order chi connectivity index (χ1) is 21.0. The van der Waals surface area contributed by atoms with Crippen molar-refractivity contribution in [2.24, 2.45) is 11.8 Å². The van der Waals surface area contributed by atoms with Crippen LogP contribution in [0.4, 0.5) is 27.1 Å². The number of hydrogen-bond donors (Lipinski definition) is 1. The van der Waals surface area contributed by atoms with Gasteiger partial charge in [0.1, 0.15) is 17.0 Å². The van der Waals surface area contributed by atoms with Gasteiger partial charge in [0, 0.05) is 47.4 Å². The molecule has 2 saturated heterocycles. The Labute approximate surface area is 267 Å². The normalized spacial score (nSPS) is 25.5. The molecule has 1 spiro atoms. The van der Waals surface area contributed by atoms with Gasteiger partial charge < -0.3 is 10.2 Å². The number of fused-ring (bicyclic) bond motifs is 3. The minimum absolute atomic E-state index is 0. The number of halogens is 3. The van der Waals surface area contributed by atoms with Crippen LogP contribution in [0.5, 0.6) is 0 Å². The number of piperidine rings is 1. The van der Waals surface area contributed by atoms with Crippen LogP contribution >= 0.6 is 23.2 Å². The Balaban J connectivity index is 0.00000357. The molecule has 7 rings (SSSR count). The molecule has 0 aromatic heterocycles. The second kappa shape index (κ2) is 11.0. The van der Waals surface area contributed by atoms with Gasteiger partial charge in [-0.3, -0.25) is 34.7 Å². The number of hydrogen-bond acceptors (Lipinski definition) is 7. The van der Waals surface area contributed by atoms with E-state index in [1.165, 1.54) is 23.1 Å². The fourth-order valence-corrected chi connectivity index (χ4v) is 7.83. The molecule has 1 aliphatic carbocycles. The van der Waals surface area contributed by atoms with Crippen molar-refractivity contribution in [3.05, 3.63) is 102 Å². The molecule has 2 amide bonds. The van der Waals surface area contributed by atoms with E-state index in [2.05, 4.69) is 5.32 Å². The minimum atomic E-state index is -1.50. The highest BCUT2D eigenvalue weighted by atomic mass is 35.5. The molecular weight excluding hydrogens is 628 g/mol. The van der Waals surface area contributed by atoms with Crippen molar-refractivity contribution < 1.29 is 23.8 Å². The first-order valence-electron chi connectivity index (χ1n) is 14.1. The van der Waals surface area contributed by atoms with Crippen LogP contribution < -0.4 is 10.2 Å². The molecule has 234 valence electrons. The maximum atomic E-state index is 16.1. The molecule has 0 bridgehead atoms. The third kappa shape index (κ3) is 4.57. The topological polar surface area (TPSA) is 139 Å². The number of carbonyl (C=O) groups excluding carboxylic acids is 2. The van der Waals surface area contributed by atoms with Crippen molar-refractivity contribution in [3.63, 3.8) is 0 Å². The van der Waals surface area contributed by atoms with Gasteiger partial charge in [0.05, 0.1) is 26.9 Å². The quantitative estimate of drug-likeness (QED) is 0.231. The average Bonchev–Trinajstić information content (AvgIpc) is 3.70. The summed E-state index contributed by atoms with van der Waals surface area (Å²) in [4.78, 5) is 54.2. The number of non-ortho nitro benzene ring substituents is 1. The van der Waals surface area contributed by atoms with Crippen molar-refractivity contribution in [1.82, 2.24) is 4.90 Å². The van der Waals surface area contributed by atoms with Crippen molar-refractivity contribution in [2.75, 3.05) is 23.3 Å². The number of carbonyl (C=O) groups is 2. The van der Waals surface area contributed by atoms with Crippen molar-refractivity contribution in [1.29, 1.82) is 0 Å². The molecule has 11 nitrogen and oxygen atoms in total. The highest BCUT2D eigenvalue weighted by molar-refractivity contribution is 6.31. The Morgan fingerprint density at radius 3 is 2.44 bits per heavy atom. The molecule has 3 aromatic carbocycles. The van der Waals surface area contributed by atoms with Gasteiger partial charge in [-0.25, -0.2) is 4.39 Å². The Morgan fingerprint density at radius 1 is 1.00 bits per heavy atom. The molecule has 3 fully saturated rings. The second-order valence-electron chi connectivity index (χ2n) is 11.7. The van der Waals surface area contributed by atoms with Crippen molar-refractivity contribution in [2.45, 2.75) is 44.2 Å². The number of anilines is 2. The summed E-state index contributed by atoms with van der Waals surface area (Å²) < 4.78 is 16.1. The highest BCUT2D eigenvalue weighted by Crippen LogP contribution is 2.62. The van der Waals surface area contributed by atoms with Crippen LogP contribution in [0.25, 0.3) is 0 Å². The standard InChI is InChI=1S/C30H24Cl2FN5O6.CH4/c31-16-6-8-19-21(12-16)34-29(40)30(19)26(18-2-1-3-20(32)27(18)33)25-23(36(30)14-15-4-5-15)10-11-35(28(25)39)22-9-7-17(37(41)42)13-24(22)38(43)44;/h1-3,6-9,12-13,15,23,25-26H,4-5,10-11,14H2,(H,34,40);1H4/t23-,25+,26-,30+;/m0./s1. The first-order valence-corrected chi connectivity index (χ1v) is 14.9. The van der Waals surface area contributed by atoms with Crippen LogP contribution in [0.3, 0.4) is 0 Å². The molecular formula is C31H28Cl2FN5O6. The lowest BCUT2D eigenvalue weighted by Gasteiger charge is -2.40. The number of nitrogens with zero attached hydrogens (tertiary/aromatic N) is 4. The largest absolute Gasteiger partial charge is 0.324 e. The number of rotatable bonds is 6. The Kier molecular flexibility index (Phi) is 7.57. The van der Waals surface area contributed by atoms with Crippen LogP contribution in [0.2, 0.25) is 10.0 Å². The summed E-state index contributed by atoms with van der Waals surface area (Å²) in [6.07, 6.45) is 2.21. The smallest absolute Gasteiger partial charge is 0.299 e. The number of nitro benzene ring substituents is 2.